The van der Waals surface area contributed by atoms with Crippen molar-refractivity contribution >= 4 is 11.6 Å². The van der Waals surface area contributed by atoms with Crippen molar-refractivity contribution in [1.29, 1.82) is 0 Å². The number of hydrogen-bond acceptors (Lipinski definition) is 1. The van der Waals surface area contributed by atoms with Gasteiger partial charge in [-0.3, -0.25) is 4.79 Å². The molecule has 0 aliphatic rings. The highest BCUT2D eigenvalue weighted by atomic mass is 16.1. The molecule has 0 bridgehead atoms. The van der Waals surface area contributed by atoms with E-state index in [1.165, 1.54) is 141 Å². The molecular formula is C33H57NO. The molecule has 0 fully saturated rings. The zero-order chi connectivity index (χ0) is 25.1. The molecule has 1 aromatic rings. The monoisotopic (exact) mass is 483 g/mol. The Morgan fingerprint density at radius 3 is 1.34 bits per heavy atom. The van der Waals surface area contributed by atoms with Gasteiger partial charge >= 0.3 is 0 Å². The van der Waals surface area contributed by atoms with E-state index in [-0.39, 0.29) is 5.91 Å². The average molecular weight is 484 g/mol. The second-order valence-electron chi connectivity index (χ2n) is 10.5. The van der Waals surface area contributed by atoms with Crippen LogP contribution in [0.1, 0.15) is 155 Å². The van der Waals surface area contributed by atoms with E-state index in [1.807, 2.05) is 36.4 Å². The third-order valence-corrected chi connectivity index (χ3v) is 7.03. The molecule has 1 N–H and O–H groups in total. The fraction of sp³-hybridized carbons (Fsp3) is 0.727. The van der Waals surface area contributed by atoms with Gasteiger partial charge in [-0.15, -0.1) is 0 Å². The Bertz CT molecular complexity index is 594. The molecule has 1 amide bonds. The SMILES string of the molecule is CCCCCCCCCCCCCCCCCCCCCCCCC=CC(=O)Nc1ccccc1. The number of carbonyl (C=O) groups excluding carboxylic acids is 1. The second-order valence-corrected chi connectivity index (χ2v) is 10.5. The molecule has 0 atom stereocenters. The fourth-order valence-electron chi connectivity index (χ4n) is 4.77. The van der Waals surface area contributed by atoms with E-state index in [0.717, 1.165) is 12.1 Å². The molecule has 200 valence electrons. The van der Waals surface area contributed by atoms with Crippen molar-refractivity contribution in [1.82, 2.24) is 0 Å². The van der Waals surface area contributed by atoms with Gasteiger partial charge in [0.05, 0.1) is 0 Å². The van der Waals surface area contributed by atoms with Crippen molar-refractivity contribution in [3.05, 3.63) is 42.5 Å². The van der Waals surface area contributed by atoms with Crippen LogP contribution in [0.5, 0.6) is 0 Å². The van der Waals surface area contributed by atoms with Crippen molar-refractivity contribution in [3.8, 4) is 0 Å². The maximum absolute atomic E-state index is 11.8. The molecule has 0 spiro atoms. The molecule has 0 heterocycles. The summed E-state index contributed by atoms with van der Waals surface area (Å²) >= 11 is 0. The Morgan fingerprint density at radius 1 is 0.571 bits per heavy atom. The van der Waals surface area contributed by atoms with Crippen molar-refractivity contribution in [2.75, 3.05) is 5.32 Å². The number of nitrogens with one attached hydrogen (secondary N) is 1. The molecule has 2 heteroatoms. The quantitative estimate of drug-likeness (QED) is 0.109. The van der Waals surface area contributed by atoms with E-state index in [2.05, 4.69) is 12.2 Å². The molecule has 0 unspecified atom stereocenters. The summed E-state index contributed by atoms with van der Waals surface area (Å²) in [5, 5.41) is 2.88. The summed E-state index contributed by atoms with van der Waals surface area (Å²) in [4.78, 5) is 11.8. The van der Waals surface area contributed by atoms with Gasteiger partial charge < -0.3 is 5.32 Å². The molecule has 0 saturated heterocycles. The van der Waals surface area contributed by atoms with Crippen LogP contribution < -0.4 is 5.32 Å². The number of carbonyl (C=O) groups is 1. The number of para-hydroxylation sites is 1. The largest absolute Gasteiger partial charge is 0.323 e. The minimum atomic E-state index is -0.0324. The maximum atomic E-state index is 11.8. The van der Waals surface area contributed by atoms with E-state index in [0.29, 0.717) is 0 Å². The Morgan fingerprint density at radius 2 is 0.943 bits per heavy atom. The Balaban J connectivity index is 1.71. The van der Waals surface area contributed by atoms with Crippen molar-refractivity contribution in [3.63, 3.8) is 0 Å². The van der Waals surface area contributed by atoms with Crippen LogP contribution in [0.4, 0.5) is 5.69 Å². The minimum Gasteiger partial charge on any atom is -0.323 e. The molecule has 0 radical (unpaired) electrons. The molecule has 0 aromatic heterocycles. The van der Waals surface area contributed by atoms with Gasteiger partial charge in [0.1, 0.15) is 0 Å². The molecular weight excluding hydrogens is 426 g/mol. The van der Waals surface area contributed by atoms with Gasteiger partial charge in [0.2, 0.25) is 5.91 Å². The number of unbranched alkanes of at least 4 members (excludes halogenated alkanes) is 22. The van der Waals surface area contributed by atoms with Gasteiger partial charge in [0.15, 0.2) is 0 Å². The van der Waals surface area contributed by atoms with Crippen molar-refractivity contribution < 1.29 is 4.79 Å². The van der Waals surface area contributed by atoms with Crippen LogP contribution in [0, 0.1) is 0 Å². The zero-order valence-electron chi connectivity index (χ0n) is 23.2. The normalized spacial score (nSPS) is 11.3. The van der Waals surface area contributed by atoms with Crippen LogP contribution in [0.2, 0.25) is 0 Å². The van der Waals surface area contributed by atoms with Crippen LogP contribution in [-0.4, -0.2) is 5.91 Å². The van der Waals surface area contributed by atoms with Crippen LogP contribution in [0.3, 0.4) is 0 Å². The molecule has 0 aliphatic carbocycles. The van der Waals surface area contributed by atoms with Gasteiger partial charge in [-0.25, -0.2) is 0 Å². The fourth-order valence-corrected chi connectivity index (χ4v) is 4.77. The predicted molar refractivity (Wildman–Crippen MR) is 156 cm³/mol. The van der Waals surface area contributed by atoms with E-state index in [4.69, 9.17) is 0 Å². The summed E-state index contributed by atoms with van der Waals surface area (Å²) < 4.78 is 0. The summed E-state index contributed by atoms with van der Waals surface area (Å²) in [6.45, 7) is 2.30. The highest BCUT2D eigenvalue weighted by Crippen LogP contribution is 2.15. The Hall–Kier alpha value is -1.57. The van der Waals surface area contributed by atoms with Crippen molar-refractivity contribution in [2.24, 2.45) is 0 Å². The molecule has 1 aromatic carbocycles. The van der Waals surface area contributed by atoms with E-state index in [1.54, 1.807) is 6.08 Å². The first-order chi connectivity index (χ1) is 17.3. The highest BCUT2D eigenvalue weighted by molar-refractivity contribution is 5.99. The van der Waals surface area contributed by atoms with Crippen LogP contribution in [0.15, 0.2) is 42.5 Å². The molecule has 1 rings (SSSR count). The summed E-state index contributed by atoms with van der Waals surface area (Å²) in [6.07, 6.45) is 35.9. The number of anilines is 1. The van der Waals surface area contributed by atoms with Gasteiger partial charge in [0.25, 0.3) is 0 Å². The third kappa shape index (κ3) is 22.6. The summed E-state index contributed by atoms with van der Waals surface area (Å²) in [6, 6.07) is 9.63. The lowest BCUT2D eigenvalue weighted by Crippen LogP contribution is -2.07. The van der Waals surface area contributed by atoms with Gasteiger partial charge in [0, 0.05) is 5.69 Å². The standard InChI is InChI=1S/C33H57NO/c1-2-3-4-5-6-7-8-9-10-11-12-13-14-15-16-17-18-19-20-21-22-23-24-28-31-33(35)34-32-29-26-25-27-30-32/h25-31H,2-24H2,1H3,(H,34,35). The predicted octanol–water partition coefficient (Wildman–Crippen LogP) is 11.2. The lowest BCUT2D eigenvalue weighted by Gasteiger charge is -2.04. The Labute approximate surface area is 218 Å². The first-order valence-electron chi connectivity index (χ1n) is 15.4. The topological polar surface area (TPSA) is 29.1 Å². The lowest BCUT2D eigenvalue weighted by atomic mass is 10.0. The zero-order valence-corrected chi connectivity index (χ0v) is 23.2. The summed E-state index contributed by atoms with van der Waals surface area (Å²) in [5.41, 5.74) is 0.853. The van der Waals surface area contributed by atoms with Gasteiger partial charge in [-0.1, -0.05) is 166 Å². The Kier molecular flexibility index (Phi) is 22.9. The second kappa shape index (κ2) is 25.5. The van der Waals surface area contributed by atoms with E-state index < -0.39 is 0 Å². The number of hydrogen-bond donors (Lipinski definition) is 1. The van der Waals surface area contributed by atoms with Crippen molar-refractivity contribution in [2.45, 2.75) is 155 Å². The smallest absolute Gasteiger partial charge is 0.248 e. The maximum Gasteiger partial charge on any atom is 0.248 e. The van der Waals surface area contributed by atoms with E-state index in [9.17, 15) is 4.79 Å². The first-order valence-corrected chi connectivity index (χ1v) is 15.4. The van der Waals surface area contributed by atoms with Crippen LogP contribution in [0.25, 0.3) is 0 Å². The highest BCUT2D eigenvalue weighted by Gasteiger charge is 1.97. The number of allylic oxidation sites excluding steroid dienone is 1. The average Bonchev–Trinajstić information content (AvgIpc) is 2.87. The van der Waals surface area contributed by atoms with Gasteiger partial charge in [-0.05, 0) is 31.1 Å². The third-order valence-electron chi connectivity index (χ3n) is 7.03. The minimum absolute atomic E-state index is 0.0324. The lowest BCUT2D eigenvalue weighted by molar-refractivity contribution is -0.111. The van der Waals surface area contributed by atoms with Crippen LogP contribution >= 0.6 is 0 Å². The number of amides is 1. The molecule has 35 heavy (non-hydrogen) atoms. The summed E-state index contributed by atoms with van der Waals surface area (Å²) in [5.74, 6) is -0.0324. The number of rotatable bonds is 25. The molecule has 0 aliphatic heterocycles. The van der Waals surface area contributed by atoms with Gasteiger partial charge in [-0.2, -0.15) is 0 Å². The number of benzene rings is 1. The molecule has 2 nitrogen and oxygen atoms in total. The van der Waals surface area contributed by atoms with E-state index >= 15 is 0 Å². The first kappa shape index (κ1) is 31.5. The van der Waals surface area contributed by atoms with Crippen LogP contribution in [-0.2, 0) is 4.79 Å². The summed E-state index contributed by atoms with van der Waals surface area (Å²) in [7, 11) is 0. The molecule has 0 saturated carbocycles.